The monoisotopic (exact) mass is 166 g/mol. The highest BCUT2D eigenvalue weighted by Crippen LogP contribution is 2.37. The van der Waals surface area contributed by atoms with Crippen LogP contribution in [0.5, 0.6) is 0 Å². The fourth-order valence-electron chi connectivity index (χ4n) is 2.31. The topological polar surface area (TPSA) is 37.3 Å². The van der Waals surface area contributed by atoms with E-state index in [9.17, 15) is 9.90 Å². The number of aliphatic hydroxyl groups excluding tert-OH is 1. The van der Waals surface area contributed by atoms with E-state index in [4.69, 9.17) is 0 Å². The van der Waals surface area contributed by atoms with Crippen molar-refractivity contribution >= 4 is 5.78 Å². The molecule has 0 heterocycles. The number of ketones is 1. The van der Waals surface area contributed by atoms with E-state index in [-0.39, 0.29) is 5.78 Å². The molecule has 1 N–H and O–H groups in total. The molecule has 0 bridgehead atoms. The lowest BCUT2D eigenvalue weighted by Crippen LogP contribution is -2.07. The number of aliphatic hydroxyl groups is 1. The van der Waals surface area contributed by atoms with Gasteiger partial charge in [0.15, 0.2) is 5.78 Å². The molecule has 0 aromatic heterocycles. The predicted octanol–water partition coefficient (Wildman–Crippen LogP) is 2.35. The van der Waals surface area contributed by atoms with Crippen molar-refractivity contribution in [3.63, 3.8) is 0 Å². The average Bonchev–Trinajstić information content (AvgIpc) is 2.29. The van der Waals surface area contributed by atoms with Gasteiger partial charge >= 0.3 is 0 Å². The Morgan fingerprint density at radius 3 is 2.83 bits per heavy atom. The molecule has 1 unspecified atom stereocenters. The highest BCUT2D eigenvalue weighted by atomic mass is 16.3. The molecule has 0 saturated heterocycles. The fourth-order valence-corrected chi connectivity index (χ4v) is 2.31. The zero-order valence-electron chi connectivity index (χ0n) is 7.18. The predicted molar refractivity (Wildman–Crippen MR) is 45.9 cm³/mol. The molecule has 2 nitrogen and oxygen atoms in total. The van der Waals surface area contributed by atoms with E-state index < -0.39 is 0 Å². The molecule has 2 aliphatic carbocycles. The maximum Gasteiger partial charge on any atom is 0.162 e. The summed E-state index contributed by atoms with van der Waals surface area (Å²) < 4.78 is 0. The molecule has 0 aliphatic heterocycles. The summed E-state index contributed by atoms with van der Waals surface area (Å²) in [5, 5.41) is 9.48. The second-order valence-corrected chi connectivity index (χ2v) is 3.76. The van der Waals surface area contributed by atoms with E-state index in [1.807, 2.05) is 0 Å². The number of carbonyl (C=O) groups excluding carboxylic acids is 1. The maximum absolute atomic E-state index is 11.5. The third-order valence-corrected chi connectivity index (χ3v) is 2.96. The summed E-state index contributed by atoms with van der Waals surface area (Å²) in [6, 6.07) is 0. The maximum atomic E-state index is 11.5. The van der Waals surface area contributed by atoms with Crippen LogP contribution in [0.15, 0.2) is 11.3 Å². The molecule has 0 aromatic rings. The normalized spacial score (nSPS) is 30.3. The van der Waals surface area contributed by atoms with E-state index in [2.05, 4.69) is 0 Å². The molecular weight excluding hydrogens is 152 g/mol. The average molecular weight is 166 g/mol. The van der Waals surface area contributed by atoms with Gasteiger partial charge in [-0.3, -0.25) is 4.79 Å². The van der Waals surface area contributed by atoms with Crippen LogP contribution < -0.4 is 0 Å². The Morgan fingerprint density at radius 1 is 1.17 bits per heavy atom. The van der Waals surface area contributed by atoms with Crippen LogP contribution >= 0.6 is 0 Å². The van der Waals surface area contributed by atoms with Crippen LogP contribution in [0.25, 0.3) is 0 Å². The molecular formula is C10H14O2. The van der Waals surface area contributed by atoms with Gasteiger partial charge in [0, 0.05) is 18.4 Å². The Bertz CT molecular complexity index is 240. The van der Waals surface area contributed by atoms with Gasteiger partial charge < -0.3 is 5.11 Å². The zero-order valence-corrected chi connectivity index (χ0v) is 7.18. The van der Waals surface area contributed by atoms with Gasteiger partial charge in [-0.15, -0.1) is 0 Å². The molecule has 0 amide bonds. The van der Waals surface area contributed by atoms with Crippen molar-refractivity contribution < 1.29 is 9.90 Å². The summed E-state index contributed by atoms with van der Waals surface area (Å²) in [5.74, 6) is 0.972. The smallest absolute Gasteiger partial charge is 0.162 e. The Balaban J connectivity index is 2.29. The summed E-state index contributed by atoms with van der Waals surface area (Å²) in [7, 11) is 0. The van der Waals surface area contributed by atoms with Gasteiger partial charge in [-0.1, -0.05) is 6.42 Å². The second-order valence-electron chi connectivity index (χ2n) is 3.76. The van der Waals surface area contributed by atoms with Crippen LogP contribution in [0.2, 0.25) is 0 Å². The number of hydrogen-bond acceptors (Lipinski definition) is 2. The molecule has 1 saturated carbocycles. The van der Waals surface area contributed by atoms with Crippen LogP contribution in [-0.2, 0) is 4.79 Å². The number of allylic oxidation sites excluding steroid dienone is 2. The Morgan fingerprint density at radius 2 is 2.00 bits per heavy atom. The van der Waals surface area contributed by atoms with Crippen LogP contribution in [0.1, 0.15) is 38.5 Å². The lowest BCUT2D eigenvalue weighted by atomic mass is 9.96. The SMILES string of the molecule is O=C1CCCCC2CCC(O)=C12. The lowest BCUT2D eigenvalue weighted by Gasteiger charge is -2.07. The first-order chi connectivity index (χ1) is 5.79. The van der Waals surface area contributed by atoms with Crippen molar-refractivity contribution in [3.8, 4) is 0 Å². The van der Waals surface area contributed by atoms with Gasteiger partial charge in [-0.2, -0.15) is 0 Å². The minimum atomic E-state index is 0.201. The van der Waals surface area contributed by atoms with Crippen molar-refractivity contribution in [1.29, 1.82) is 0 Å². The molecule has 2 rings (SSSR count). The quantitative estimate of drug-likeness (QED) is 0.599. The number of rotatable bonds is 0. The van der Waals surface area contributed by atoms with E-state index >= 15 is 0 Å². The van der Waals surface area contributed by atoms with Crippen LogP contribution in [0, 0.1) is 5.92 Å². The van der Waals surface area contributed by atoms with Crippen LogP contribution in [0.3, 0.4) is 0 Å². The van der Waals surface area contributed by atoms with E-state index in [0.29, 0.717) is 18.1 Å². The van der Waals surface area contributed by atoms with Gasteiger partial charge in [-0.25, -0.2) is 0 Å². The molecule has 2 heteroatoms. The number of fused-ring (bicyclic) bond motifs is 1. The Labute approximate surface area is 72.3 Å². The Hall–Kier alpha value is -0.790. The first-order valence-corrected chi connectivity index (χ1v) is 4.74. The number of carbonyl (C=O) groups is 1. The largest absolute Gasteiger partial charge is 0.512 e. The zero-order chi connectivity index (χ0) is 8.55. The molecule has 1 fully saturated rings. The molecule has 0 spiro atoms. The van der Waals surface area contributed by atoms with Crippen LogP contribution in [-0.4, -0.2) is 10.9 Å². The third-order valence-electron chi connectivity index (χ3n) is 2.96. The van der Waals surface area contributed by atoms with Gasteiger partial charge in [0.2, 0.25) is 0 Å². The van der Waals surface area contributed by atoms with Gasteiger partial charge in [0.25, 0.3) is 0 Å². The Kier molecular flexibility index (Phi) is 1.91. The molecule has 12 heavy (non-hydrogen) atoms. The van der Waals surface area contributed by atoms with E-state index in [1.165, 1.54) is 0 Å². The van der Waals surface area contributed by atoms with Gasteiger partial charge in [0.1, 0.15) is 0 Å². The highest BCUT2D eigenvalue weighted by molar-refractivity contribution is 5.96. The molecule has 66 valence electrons. The molecule has 1 atom stereocenters. The summed E-state index contributed by atoms with van der Waals surface area (Å²) >= 11 is 0. The first kappa shape index (κ1) is 7.84. The first-order valence-electron chi connectivity index (χ1n) is 4.74. The van der Waals surface area contributed by atoms with Crippen molar-refractivity contribution in [3.05, 3.63) is 11.3 Å². The van der Waals surface area contributed by atoms with Crippen molar-refractivity contribution in [2.75, 3.05) is 0 Å². The summed E-state index contributed by atoms with van der Waals surface area (Å²) in [4.78, 5) is 11.5. The number of hydrogen-bond donors (Lipinski definition) is 1. The molecule has 0 radical (unpaired) electrons. The minimum absolute atomic E-state index is 0.201. The minimum Gasteiger partial charge on any atom is -0.512 e. The summed E-state index contributed by atoms with van der Waals surface area (Å²) in [6.45, 7) is 0. The highest BCUT2D eigenvalue weighted by Gasteiger charge is 2.31. The number of Topliss-reactive ketones (excluding diaryl/α,β-unsaturated/α-hetero) is 1. The van der Waals surface area contributed by atoms with Crippen molar-refractivity contribution in [2.24, 2.45) is 5.92 Å². The molecule has 0 aromatic carbocycles. The lowest BCUT2D eigenvalue weighted by molar-refractivity contribution is -0.115. The van der Waals surface area contributed by atoms with E-state index in [0.717, 1.165) is 37.7 Å². The standard InChI is InChI=1S/C10H14O2/c11-8-4-2-1-3-7-5-6-9(12)10(7)8/h7,12H,1-6H2. The summed E-state index contributed by atoms with van der Waals surface area (Å²) in [5.41, 5.74) is 0.771. The second kappa shape index (κ2) is 2.92. The van der Waals surface area contributed by atoms with Gasteiger partial charge in [-0.05, 0) is 25.2 Å². The fraction of sp³-hybridized carbons (Fsp3) is 0.700. The van der Waals surface area contributed by atoms with Gasteiger partial charge in [0.05, 0.1) is 5.76 Å². The summed E-state index contributed by atoms with van der Waals surface area (Å²) in [6.07, 6.45) is 5.62. The van der Waals surface area contributed by atoms with Crippen LogP contribution in [0.4, 0.5) is 0 Å². The molecule has 2 aliphatic rings. The van der Waals surface area contributed by atoms with E-state index in [1.54, 1.807) is 0 Å². The van der Waals surface area contributed by atoms with Crippen molar-refractivity contribution in [1.82, 2.24) is 0 Å². The third kappa shape index (κ3) is 1.15. The van der Waals surface area contributed by atoms with Crippen molar-refractivity contribution in [2.45, 2.75) is 38.5 Å².